The van der Waals surface area contributed by atoms with Gasteiger partial charge in [0.1, 0.15) is 0 Å². The summed E-state index contributed by atoms with van der Waals surface area (Å²) in [5.41, 5.74) is 0. The van der Waals surface area contributed by atoms with Crippen molar-refractivity contribution < 1.29 is 17.0 Å². The maximum atomic E-state index is 3.82. The molecule has 0 amide bonds. The molecule has 0 heterocycles. The fourth-order valence-corrected chi connectivity index (χ4v) is 1.08. The van der Waals surface area contributed by atoms with Crippen LogP contribution in [0.2, 0.25) is 0 Å². The van der Waals surface area contributed by atoms with Crippen molar-refractivity contribution in [3.8, 4) is 0 Å². The number of unbranched alkanes of at least 4 members (excludes halogenated alkanes) is 5. The molecule has 0 bridgehead atoms. The molecule has 0 aromatic heterocycles. The molecule has 0 radical (unpaired) electrons. The molecule has 0 spiro atoms. The Hall–Kier alpha value is 0.986. The van der Waals surface area contributed by atoms with Crippen molar-refractivity contribution >= 4 is 23.1 Å². The molecule has 0 aromatic rings. The van der Waals surface area contributed by atoms with Crippen molar-refractivity contribution in [1.29, 1.82) is 0 Å². The molecule has 13 heavy (non-hydrogen) atoms. The van der Waals surface area contributed by atoms with Crippen LogP contribution in [0.15, 0.2) is 12.2 Å². The predicted octanol–water partition coefficient (Wildman–Crippen LogP) is 0.750. The molecule has 0 saturated carbocycles. The Bertz CT molecular complexity index is 92.1. The van der Waals surface area contributed by atoms with Crippen molar-refractivity contribution in [2.75, 3.05) is 0 Å². The largest absolute Gasteiger partial charge is 2.00 e. The van der Waals surface area contributed by atoms with E-state index in [1.54, 1.807) is 0 Å². The van der Waals surface area contributed by atoms with E-state index >= 15 is 0 Å². The summed E-state index contributed by atoms with van der Waals surface area (Å²) >= 11 is 0. The molecule has 0 aliphatic heterocycles. The topological polar surface area (TPSA) is 0 Å². The molecule has 2 heteroatoms. The minimum atomic E-state index is 0. The van der Waals surface area contributed by atoms with E-state index in [0.717, 1.165) is 6.42 Å². The number of allylic oxidation sites excluding steroid dienone is 2. The third-order valence-corrected chi connectivity index (χ3v) is 1.77. The van der Waals surface area contributed by atoms with Gasteiger partial charge in [0.2, 0.25) is 0 Å². The summed E-state index contributed by atoms with van der Waals surface area (Å²) < 4.78 is 0. The second-order valence-corrected chi connectivity index (χ2v) is 2.94. The van der Waals surface area contributed by atoms with Gasteiger partial charge in [-0.05, 0) is 19.3 Å². The zero-order chi connectivity index (χ0) is 8.36. The fraction of sp³-hybridized carbons (Fsp3) is 0.727. The molecule has 74 valence electrons. The van der Waals surface area contributed by atoms with Gasteiger partial charge in [-0.3, -0.25) is 0 Å². The molecular formula is C11H21BrMg. The normalized spacial score (nSPS) is 9.38. The summed E-state index contributed by atoms with van der Waals surface area (Å²) in [4.78, 5) is 0. The zero-order valence-corrected chi connectivity index (χ0v) is 11.9. The smallest absolute Gasteiger partial charge is 1.00 e. The number of rotatable bonds is 7. The van der Waals surface area contributed by atoms with E-state index in [1.165, 1.54) is 38.5 Å². The summed E-state index contributed by atoms with van der Waals surface area (Å²) in [7, 11) is 0. The van der Waals surface area contributed by atoms with Crippen LogP contribution in [0.4, 0.5) is 0 Å². The van der Waals surface area contributed by atoms with Crippen LogP contribution < -0.4 is 17.0 Å². The van der Waals surface area contributed by atoms with Crippen LogP contribution in [-0.4, -0.2) is 23.1 Å². The zero-order valence-electron chi connectivity index (χ0n) is 8.90. The maximum absolute atomic E-state index is 3.82. The van der Waals surface area contributed by atoms with Gasteiger partial charge in [0.05, 0.1) is 0 Å². The van der Waals surface area contributed by atoms with E-state index in [-0.39, 0.29) is 40.0 Å². The van der Waals surface area contributed by atoms with E-state index in [9.17, 15) is 0 Å². The van der Waals surface area contributed by atoms with Gasteiger partial charge < -0.3 is 23.9 Å². The van der Waals surface area contributed by atoms with Gasteiger partial charge in [0.15, 0.2) is 0 Å². The minimum Gasteiger partial charge on any atom is -1.00 e. The third kappa shape index (κ3) is 19.4. The maximum Gasteiger partial charge on any atom is 2.00 e. The molecule has 0 atom stereocenters. The van der Waals surface area contributed by atoms with Crippen LogP contribution in [0.1, 0.15) is 51.9 Å². The Morgan fingerprint density at radius 1 is 1.00 bits per heavy atom. The first-order chi connectivity index (χ1) is 5.41. The van der Waals surface area contributed by atoms with Gasteiger partial charge in [-0.15, -0.1) is 0 Å². The summed E-state index contributed by atoms with van der Waals surface area (Å²) in [5, 5.41) is 0. The summed E-state index contributed by atoms with van der Waals surface area (Å²) in [6, 6.07) is 0. The average molecular weight is 257 g/mol. The van der Waals surface area contributed by atoms with Crippen molar-refractivity contribution in [3.63, 3.8) is 0 Å². The Morgan fingerprint density at radius 3 is 2.15 bits per heavy atom. The second kappa shape index (κ2) is 18.7. The van der Waals surface area contributed by atoms with Crippen molar-refractivity contribution in [2.24, 2.45) is 0 Å². The molecule has 0 N–H and O–H groups in total. The van der Waals surface area contributed by atoms with Crippen LogP contribution in [0, 0.1) is 6.92 Å². The monoisotopic (exact) mass is 256 g/mol. The van der Waals surface area contributed by atoms with E-state index in [2.05, 4.69) is 26.0 Å². The van der Waals surface area contributed by atoms with E-state index in [4.69, 9.17) is 0 Å². The Morgan fingerprint density at radius 2 is 1.62 bits per heavy atom. The first-order valence-electron chi connectivity index (χ1n) is 4.86. The summed E-state index contributed by atoms with van der Waals surface area (Å²) in [6.45, 7) is 6.00. The average Bonchev–Trinajstić information content (AvgIpc) is 2.03. The van der Waals surface area contributed by atoms with Crippen molar-refractivity contribution in [1.82, 2.24) is 0 Å². The Labute approximate surface area is 110 Å². The van der Waals surface area contributed by atoms with Gasteiger partial charge >= 0.3 is 23.1 Å². The van der Waals surface area contributed by atoms with Crippen LogP contribution in [0.25, 0.3) is 0 Å². The van der Waals surface area contributed by atoms with Gasteiger partial charge in [0, 0.05) is 0 Å². The molecule has 0 saturated heterocycles. The standard InChI is InChI=1S/C11H21.BrH.Mg/c1-3-5-7-9-11-10-8-6-4-2;;/h6,8H,1,3-5,7,9-11H2,2H3;1H;/q-1;;+2/p-1/b8-6+;;. The van der Waals surface area contributed by atoms with Crippen LogP contribution in [0.5, 0.6) is 0 Å². The summed E-state index contributed by atoms with van der Waals surface area (Å²) in [6.07, 6.45) is 13.5. The molecule has 0 rings (SSSR count). The Balaban J connectivity index is -0.000000500. The molecule has 0 aliphatic rings. The van der Waals surface area contributed by atoms with Crippen molar-refractivity contribution in [3.05, 3.63) is 19.1 Å². The van der Waals surface area contributed by atoms with Crippen LogP contribution in [0.3, 0.4) is 0 Å². The molecular weight excluding hydrogens is 236 g/mol. The molecule has 0 aromatic carbocycles. The molecule has 0 fully saturated rings. The summed E-state index contributed by atoms with van der Waals surface area (Å²) in [5.74, 6) is 0. The molecule has 0 unspecified atom stereocenters. The van der Waals surface area contributed by atoms with Gasteiger partial charge in [-0.2, -0.15) is 6.42 Å². The number of hydrogen-bond acceptors (Lipinski definition) is 0. The molecule has 0 nitrogen and oxygen atoms in total. The van der Waals surface area contributed by atoms with Crippen LogP contribution >= 0.6 is 0 Å². The van der Waals surface area contributed by atoms with E-state index in [1.807, 2.05) is 0 Å². The minimum absolute atomic E-state index is 0. The van der Waals surface area contributed by atoms with E-state index in [0.29, 0.717) is 0 Å². The van der Waals surface area contributed by atoms with E-state index < -0.39 is 0 Å². The Kier molecular flexibility index (Phi) is 28.1. The molecule has 0 aliphatic carbocycles. The third-order valence-electron chi connectivity index (χ3n) is 1.77. The van der Waals surface area contributed by atoms with Gasteiger partial charge in [-0.25, -0.2) is 0 Å². The fourth-order valence-electron chi connectivity index (χ4n) is 1.08. The first-order valence-corrected chi connectivity index (χ1v) is 4.86. The van der Waals surface area contributed by atoms with Gasteiger partial charge in [-0.1, -0.05) is 38.3 Å². The number of halogens is 1. The first kappa shape index (κ1) is 19.5. The van der Waals surface area contributed by atoms with Crippen molar-refractivity contribution in [2.45, 2.75) is 51.9 Å². The quantitative estimate of drug-likeness (QED) is 0.273. The second-order valence-electron chi connectivity index (χ2n) is 2.94. The SMILES string of the molecule is [Br-].[CH2-]CCCCCC/C=C/CC.[Mg+2]. The van der Waals surface area contributed by atoms with Crippen LogP contribution in [-0.2, 0) is 0 Å². The predicted molar refractivity (Wildman–Crippen MR) is 58.2 cm³/mol. The number of hydrogen-bond donors (Lipinski definition) is 0. The van der Waals surface area contributed by atoms with Gasteiger partial charge in [0.25, 0.3) is 0 Å².